The standard InChI is InChI=1S/C19H17N3O5/c1-26-16-4-2-3-14(9-16)19(25)21-11-18(24)27-12-17(23)22-15-7-5-13(10-20)6-8-15/h2-9H,11-12H2,1H3,(H,21,25)(H,22,23). The number of carbonyl (C=O) groups excluding carboxylic acids is 3. The van der Waals surface area contributed by atoms with Gasteiger partial charge < -0.3 is 20.1 Å². The molecule has 0 aromatic heterocycles. The van der Waals surface area contributed by atoms with Gasteiger partial charge in [0.25, 0.3) is 11.8 Å². The molecule has 0 aliphatic heterocycles. The van der Waals surface area contributed by atoms with Crippen molar-refractivity contribution in [1.29, 1.82) is 5.26 Å². The van der Waals surface area contributed by atoms with Crippen LogP contribution in [0.25, 0.3) is 0 Å². The van der Waals surface area contributed by atoms with Gasteiger partial charge in [-0.1, -0.05) is 6.07 Å². The summed E-state index contributed by atoms with van der Waals surface area (Å²) >= 11 is 0. The third-order valence-electron chi connectivity index (χ3n) is 3.39. The summed E-state index contributed by atoms with van der Waals surface area (Å²) in [4.78, 5) is 35.4. The Morgan fingerprint density at radius 3 is 2.52 bits per heavy atom. The van der Waals surface area contributed by atoms with Crippen molar-refractivity contribution in [3.05, 3.63) is 59.7 Å². The van der Waals surface area contributed by atoms with Gasteiger partial charge in [0.15, 0.2) is 6.61 Å². The summed E-state index contributed by atoms with van der Waals surface area (Å²) < 4.78 is 9.83. The van der Waals surface area contributed by atoms with Crippen LogP contribution in [-0.2, 0) is 14.3 Å². The predicted molar refractivity (Wildman–Crippen MR) is 96.1 cm³/mol. The first-order valence-corrected chi connectivity index (χ1v) is 7.89. The van der Waals surface area contributed by atoms with E-state index in [4.69, 9.17) is 14.7 Å². The Bertz CT molecular complexity index is 872. The quantitative estimate of drug-likeness (QED) is 0.716. The number of ether oxygens (including phenoxy) is 2. The lowest BCUT2D eigenvalue weighted by molar-refractivity contribution is -0.146. The Balaban J connectivity index is 1.74. The van der Waals surface area contributed by atoms with Gasteiger partial charge in [-0.3, -0.25) is 14.4 Å². The van der Waals surface area contributed by atoms with E-state index in [0.29, 0.717) is 22.6 Å². The van der Waals surface area contributed by atoms with Crippen LogP contribution in [0.3, 0.4) is 0 Å². The highest BCUT2D eigenvalue weighted by Gasteiger charge is 2.11. The number of esters is 1. The van der Waals surface area contributed by atoms with Crippen LogP contribution in [0.2, 0.25) is 0 Å². The van der Waals surface area contributed by atoms with Gasteiger partial charge in [0.1, 0.15) is 12.3 Å². The van der Waals surface area contributed by atoms with E-state index in [1.807, 2.05) is 6.07 Å². The molecule has 2 N–H and O–H groups in total. The monoisotopic (exact) mass is 367 g/mol. The number of anilines is 1. The lowest BCUT2D eigenvalue weighted by Crippen LogP contribution is -2.32. The van der Waals surface area contributed by atoms with E-state index in [2.05, 4.69) is 10.6 Å². The van der Waals surface area contributed by atoms with E-state index in [1.54, 1.807) is 42.5 Å². The fourth-order valence-corrected chi connectivity index (χ4v) is 2.04. The average Bonchev–Trinajstić information content (AvgIpc) is 2.71. The van der Waals surface area contributed by atoms with Crippen molar-refractivity contribution in [3.63, 3.8) is 0 Å². The smallest absolute Gasteiger partial charge is 0.325 e. The fourth-order valence-electron chi connectivity index (χ4n) is 2.04. The number of benzene rings is 2. The normalized spacial score (nSPS) is 9.63. The third kappa shape index (κ3) is 6.17. The molecule has 0 fully saturated rings. The van der Waals surface area contributed by atoms with Gasteiger partial charge in [-0.2, -0.15) is 5.26 Å². The molecule has 2 rings (SSSR count). The van der Waals surface area contributed by atoms with Crippen molar-refractivity contribution >= 4 is 23.5 Å². The number of rotatable bonds is 7. The molecular weight excluding hydrogens is 350 g/mol. The number of nitrogens with zero attached hydrogens (tertiary/aromatic N) is 1. The molecule has 0 saturated carbocycles. The maximum absolute atomic E-state index is 12.0. The maximum Gasteiger partial charge on any atom is 0.325 e. The SMILES string of the molecule is COc1cccc(C(=O)NCC(=O)OCC(=O)Nc2ccc(C#N)cc2)c1. The average molecular weight is 367 g/mol. The van der Waals surface area contributed by atoms with Crippen molar-refractivity contribution in [2.75, 3.05) is 25.6 Å². The van der Waals surface area contributed by atoms with Crippen LogP contribution in [-0.4, -0.2) is 38.0 Å². The zero-order valence-electron chi connectivity index (χ0n) is 14.5. The summed E-state index contributed by atoms with van der Waals surface area (Å²) in [6, 6.07) is 14.6. The zero-order valence-corrected chi connectivity index (χ0v) is 14.5. The first-order chi connectivity index (χ1) is 13.0. The second kappa shape index (κ2) is 9.58. The number of carbonyl (C=O) groups is 3. The molecule has 2 aromatic rings. The third-order valence-corrected chi connectivity index (χ3v) is 3.39. The number of methoxy groups -OCH3 is 1. The Morgan fingerprint density at radius 2 is 1.85 bits per heavy atom. The highest BCUT2D eigenvalue weighted by Crippen LogP contribution is 2.12. The molecule has 2 amide bonds. The van der Waals surface area contributed by atoms with Gasteiger partial charge in [0, 0.05) is 11.3 Å². The molecule has 0 radical (unpaired) electrons. The molecule has 0 heterocycles. The maximum atomic E-state index is 12.0. The summed E-state index contributed by atoms with van der Waals surface area (Å²) in [5.74, 6) is -1.23. The van der Waals surface area contributed by atoms with Crippen LogP contribution in [0.5, 0.6) is 5.75 Å². The fraction of sp³-hybridized carbons (Fsp3) is 0.158. The molecule has 0 unspecified atom stereocenters. The summed E-state index contributed by atoms with van der Waals surface area (Å²) in [6.07, 6.45) is 0. The van der Waals surface area contributed by atoms with Crippen molar-refractivity contribution in [1.82, 2.24) is 5.32 Å². The number of hydrogen-bond donors (Lipinski definition) is 2. The number of nitrogens with one attached hydrogen (secondary N) is 2. The van der Waals surface area contributed by atoms with E-state index in [-0.39, 0.29) is 6.54 Å². The Labute approximate surface area is 155 Å². The first kappa shape index (κ1) is 19.5. The van der Waals surface area contributed by atoms with Gasteiger partial charge >= 0.3 is 5.97 Å². The highest BCUT2D eigenvalue weighted by atomic mass is 16.5. The molecule has 8 nitrogen and oxygen atoms in total. The minimum Gasteiger partial charge on any atom is -0.497 e. The minimum absolute atomic E-state index is 0.334. The van der Waals surface area contributed by atoms with Crippen LogP contribution in [0, 0.1) is 11.3 Å². The molecule has 138 valence electrons. The summed E-state index contributed by atoms with van der Waals surface area (Å²) in [5, 5.41) is 13.6. The molecule has 0 aliphatic carbocycles. The van der Waals surface area contributed by atoms with Gasteiger partial charge in [0.2, 0.25) is 0 Å². The highest BCUT2D eigenvalue weighted by molar-refractivity contribution is 5.97. The summed E-state index contributed by atoms with van der Waals surface area (Å²) in [7, 11) is 1.48. The molecule has 0 atom stereocenters. The van der Waals surface area contributed by atoms with Crippen molar-refractivity contribution in [2.45, 2.75) is 0 Å². The first-order valence-electron chi connectivity index (χ1n) is 7.89. The van der Waals surface area contributed by atoms with Crippen LogP contribution in [0.1, 0.15) is 15.9 Å². The molecule has 2 aromatic carbocycles. The van der Waals surface area contributed by atoms with Crippen LogP contribution in [0.15, 0.2) is 48.5 Å². The van der Waals surface area contributed by atoms with Gasteiger partial charge in [-0.05, 0) is 42.5 Å². The van der Waals surface area contributed by atoms with Crippen molar-refractivity contribution in [2.24, 2.45) is 0 Å². The van der Waals surface area contributed by atoms with Gasteiger partial charge in [-0.25, -0.2) is 0 Å². The molecule has 0 saturated heterocycles. The molecule has 0 aliphatic rings. The number of amides is 2. The Morgan fingerprint density at radius 1 is 1.11 bits per heavy atom. The second-order valence-corrected chi connectivity index (χ2v) is 5.31. The van der Waals surface area contributed by atoms with Crippen LogP contribution >= 0.6 is 0 Å². The molecule has 0 bridgehead atoms. The summed E-state index contributed by atoms with van der Waals surface area (Å²) in [5.41, 5.74) is 1.27. The number of hydrogen-bond acceptors (Lipinski definition) is 6. The summed E-state index contributed by atoms with van der Waals surface area (Å²) in [6.45, 7) is -0.867. The van der Waals surface area contributed by atoms with Crippen LogP contribution < -0.4 is 15.4 Å². The van der Waals surface area contributed by atoms with E-state index < -0.39 is 24.4 Å². The van der Waals surface area contributed by atoms with Gasteiger partial charge in [0.05, 0.1) is 18.7 Å². The predicted octanol–water partition coefficient (Wildman–Crippen LogP) is 1.48. The lowest BCUT2D eigenvalue weighted by atomic mass is 10.2. The largest absolute Gasteiger partial charge is 0.497 e. The lowest BCUT2D eigenvalue weighted by Gasteiger charge is -2.08. The van der Waals surface area contributed by atoms with E-state index >= 15 is 0 Å². The van der Waals surface area contributed by atoms with E-state index in [9.17, 15) is 14.4 Å². The Hall–Kier alpha value is -3.86. The minimum atomic E-state index is -0.749. The molecular formula is C19H17N3O5. The zero-order chi connectivity index (χ0) is 19.6. The molecule has 27 heavy (non-hydrogen) atoms. The van der Waals surface area contributed by atoms with E-state index in [1.165, 1.54) is 13.2 Å². The van der Waals surface area contributed by atoms with Crippen molar-refractivity contribution in [3.8, 4) is 11.8 Å². The van der Waals surface area contributed by atoms with E-state index in [0.717, 1.165) is 0 Å². The van der Waals surface area contributed by atoms with Gasteiger partial charge in [-0.15, -0.1) is 0 Å². The van der Waals surface area contributed by atoms with Crippen LogP contribution in [0.4, 0.5) is 5.69 Å². The van der Waals surface area contributed by atoms with Crippen molar-refractivity contribution < 1.29 is 23.9 Å². The molecule has 8 heteroatoms. The Kier molecular flexibility index (Phi) is 6.91. The topological polar surface area (TPSA) is 118 Å². The second-order valence-electron chi connectivity index (χ2n) is 5.31. The molecule has 0 spiro atoms. The number of nitriles is 1.